The molecule has 0 spiro atoms. The lowest BCUT2D eigenvalue weighted by Crippen LogP contribution is -2.36. The molecule has 5 heteroatoms. The van der Waals surface area contributed by atoms with Crippen molar-refractivity contribution in [2.45, 2.75) is 31.4 Å². The molecule has 166 valence electrons. The largest absolute Gasteiger partial charge is 0.375 e. The molecule has 0 radical (unpaired) electrons. The molecule has 0 bridgehead atoms. The number of thioether (sulfide) groups is 1. The van der Waals surface area contributed by atoms with Crippen LogP contribution in [0.3, 0.4) is 0 Å². The number of carbonyl (C=O) groups is 1. The number of hydrogen-bond acceptors (Lipinski definition) is 4. The summed E-state index contributed by atoms with van der Waals surface area (Å²) in [6.07, 6.45) is 0.754. The van der Waals surface area contributed by atoms with Gasteiger partial charge in [0.15, 0.2) is 0 Å². The van der Waals surface area contributed by atoms with E-state index in [2.05, 4.69) is 24.3 Å². The smallest absolute Gasteiger partial charge is 0.250 e. The third-order valence-corrected chi connectivity index (χ3v) is 6.70. The van der Waals surface area contributed by atoms with E-state index in [4.69, 9.17) is 9.57 Å². The molecule has 1 heterocycles. The van der Waals surface area contributed by atoms with Crippen molar-refractivity contribution in [1.82, 2.24) is 5.06 Å². The summed E-state index contributed by atoms with van der Waals surface area (Å²) in [6.45, 7) is 1.38. The van der Waals surface area contributed by atoms with Gasteiger partial charge in [0.2, 0.25) is 5.91 Å². The fourth-order valence-electron chi connectivity index (χ4n) is 3.83. The predicted molar refractivity (Wildman–Crippen MR) is 129 cm³/mol. The van der Waals surface area contributed by atoms with E-state index in [9.17, 15) is 4.79 Å². The van der Waals surface area contributed by atoms with Crippen LogP contribution in [0.15, 0.2) is 91.0 Å². The minimum absolute atomic E-state index is 0.0511. The van der Waals surface area contributed by atoms with Gasteiger partial charge in [-0.2, -0.15) is 11.8 Å². The SMILES string of the molecule is O=C1C(CSCc2ccccc2)CC(COCc2ccccc2)N1OCc1ccccc1. The van der Waals surface area contributed by atoms with Crippen molar-refractivity contribution in [3.8, 4) is 0 Å². The number of hydroxylamine groups is 2. The molecule has 2 atom stereocenters. The fourth-order valence-corrected chi connectivity index (χ4v) is 4.94. The van der Waals surface area contributed by atoms with Gasteiger partial charge in [0.05, 0.1) is 25.2 Å². The van der Waals surface area contributed by atoms with Crippen LogP contribution in [0.1, 0.15) is 23.1 Å². The van der Waals surface area contributed by atoms with E-state index in [1.165, 1.54) is 5.56 Å². The summed E-state index contributed by atoms with van der Waals surface area (Å²) in [7, 11) is 0. The van der Waals surface area contributed by atoms with Gasteiger partial charge < -0.3 is 4.74 Å². The minimum Gasteiger partial charge on any atom is -0.375 e. The maximum absolute atomic E-state index is 13.1. The van der Waals surface area contributed by atoms with Crippen molar-refractivity contribution in [3.05, 3.63) is 108 Å². The molecular formula is C27H29NO3S. The lowest BCUT2D eigenvalue weighted by molar-refractivity contribution is -0.201. The van der Waals surface area contributed by atoms with E-state index in [1.54, 1.807) is 16.8 Å². The average molecular weight is 448 g/mol. The number of hydrogen-bond donors (Lipinski definition) is 0. The summed E-state index contributed by atoms with van der Waals surface area (Å²) in [5, 5.41) is 1.58. The van der Waals surface area contributed by atoms with Crippen LogP contribution in [0.25, 0.3) is 0 Å². The van der Waals surface area contributed by atoms with Crippen molar-refractivity contribution in [3.63, 3.8) is 0 Å². The zero-order valence-electron chi connectivity index (χ0n) is 18.1. The zero-order valence-corrected chi connectivity index (χ0v) is 19.0. The van der Waals surface area contributed by atoms with Crippen LogP contribution in [0.5, 0.6) is 0 Å². The molecule has 0 aliphatic carbocycles. The van der Waals surface area contributed by atoms with Gasteiger partial charge in [0.1, 0.15) is 6.61 Å². The maximum atomic E-state index is 13.1. The summed E-state index contributed by atoms with van der Waals surface area (Å²) < 4.78 is 5.98. The summed E-state index contributed by atoms with van der Waals surface area (Å²) >= 11 is 1.80. The summed E-state index contributed by atoms with van der Waals surface area (Å²) in [5.74, 6) is 1.71. The molecule has 3 aromatic carbocycles. The molecule has 4 rings (SSSR count). The number of nitrogens with zero attached hydrogens (tertiary/aromatic N) is 1. The highest BCUT2D eigenvalue weighted by Gasteiger charge is 2.40. The van der Waals surface area contributed by atoms with Crippen LogP contribution in [-0.2, 0) is 33.3 Å². The van der Waals surface area contributed by atoms with Crippen molar-refractivity contribution in [2.24, 2.45) is 5.92 Å². The minimum atomic E-state index is -0.0720. The van der Waals surface area contributed by atoms with Crippen molar-refractivity contribution in [1.29, 1.82) is 0 Å². The number of amides is 1. The Bertz CT molecular complexity index is 952. The first kappa shape index (κ1) is 22.6. The van der Waals surface area contributed by atoms with Crippen LogP contribution < -0.4 is 0 Å². The highest BCUT2D eigenvalue weighted by molar-refractivity contribution is 7.98. The average Bonchev–Trinajstić information content (AvgIpc) is 3.14. The van der Waals surface area contributed by atoms with Crippen molar-refractivity contribution >= 4 is 17.7 Å². The number of benzene rings is 3. The molecule has 1 fully saturated rings. The molecule has 1 amide bonds. The van der Waals surface area contributed by atoms with Crippen molar-refractivity contribution < 1.29 is 14.4 Å². The molecule has 0 aromatic heterocycles. The van der Waals surface area contributed by atoms with Crippen molar-refractivity contribution in [2.75, 3.05) is 12.4 Å². The van der Waals surface area contributed by atoms with Gasteiger partial charge >= 0.3 is 0 Å². The second kappa shape index (κ2) is 11.9. The van der Waals surface area contributed by atoms with E-state index in [0.29, 0.717) is 19.8 Å². The van der Waals surface area contributed by atoms with Gasteiger partial charge in [0, 0.05) is 11.5 Å². The third-order valence-electron chi connectivity index (χ3n) is 5.52. The van der Waals surface area contributed by atoms with E-state index in [0.717, 1.165) is 29.1 Å². The molecule has 3 aromatic rings. The van der Waals surface area contributed by atoms with Gasteiger partial charge in [-0.05, 0) is 23.1 Å². The maximum Gasteiger partial charge on any atom is 0.250 e. The Morgan fingerprint density at radius 2 is 1.34 bits per heavy atom. The Labute approximate surface area is 194 Å². The molecule has 4 nitrogen and oxygen atoms in total. The Morgan fingerprint density at radius 3 is 1.97 bits per heavy atom. The number of ether oxygens (including phenoxy) is 1. The summed E-state index contributed by atoms with van der Waals surface area (Å²) in [6, 6.07) is 30.4. The van der Waals surface area contributed by atoms with Gasteiger partial charge in [-0.15, -0.1) is 0 Å². The van der Waals surface area contributed by atoms with Crippen LogP contribution >= 0.6 is 11.8 Å². The van der Waals surface area contributed by atoms with Crippen LogP contribution in [0, 0.1) is 5.92 Å². The molecule has 0 saturated carbocycles. The van der Waals surface area contributed by atoms with Gasteiger partial charge in [0.25, 0.3) is 0 Å². The second-order valence-electron chi connectivity index (χ2n) is 8.01. The Kier molecular flexibility index (Phi) is 8.37. The van der Waals surface area contributed by atoms with E-state index in [-0.39, 0.29) is 17.9 Å². The second-order valence-corrected chi connectivity index (χ2v) is 9.04. The molecule has 2 unspecified atom stereocenters. The summed E-state index contributed by atoms with van der Waals surface area (Å²) in [4.78, 5) is 19.2. The van der Waals surface area contributed by atoms with Crippen LogP contribution in [0.2, 0.25) is 0 Å². The highest BCUT2D eigenvalue weighted by atomic mass is 32.2. The Morgan fingerprint density at radius 1 is 0.781 bits per heavy atom. The molecule has 1 aliphatic rings. The monoisotopic (exact) mass is 447 g/mol. The van der Waals surface area contributed by atoms with E-state index < -0.39 is 0 Å². The molecular weight excluding hydrogens is 418 g/mol. The third kappa shape index (κ3) is 6.45. The Hall–Kier alpha value is -2.60. The quantitative estimate of drug-likeness (QED) is 0.390. The van der Waals surface area contributed by atoms with Gasteiger partial charge in [-0.3, -0.25) is 9.63 Å². The topological polar surface area (TPSA) is 38.8 Å². The molecule has 32 heavy (non-hydrogen) atoms. The van der Waals surface area contributed by atoms with Gasteiger partial charge in [-0.25, -0.2) is 5.06 Å². The first-order valence-electron chi connectivity index (χ1n) is 11.0. The van der Waals surface area contributed by atoms with Crippen LogP contribution in [-0.4, -0.2) is 29.4 Å². The first-order chi connectivity index (χ1) is 15.8. The molecule has 1 aliphatic heterocycles. The highest BCUT2D eigenvalue weighted by Crippen LogP contribution is 2.30. The van der Waals surface area contributed by atoms with Gasteiger partial charge in [-0.1, -0.05) is 91.0 Å². The summed E-state index contributed by atoms with van der Waals surface area (Å²) in [5.41, 5.74) is 3.46. The normalized spacial score (nSPS) is 18.2. The van der Waals surface area contributed by atoms with Crippen LogP contribution in [0.4, 0.5) is 0 Å². The van der Waals surface area contributed by atoms with E-state index in [1.807, 2.05) is 66.7 Å². The lowest BCUT2D eigenvalue weighted by Gasteiger charge is -2.24. The zero-order chi connectivity index (χ0) is 22.0. The molecule has 1 saturated heterocycles. The standard InChI is InChI=1S/C27H29NO3S/c29-27-25(21-32-20-24-14-8-3-9-15-24)16-26(19-30-17-22-10-4-1-5-11-22)28(27)31-18-23-12-6-2-7-13-23/h1-15,25-26H,16-21H2. The Balaban J connectivity index is 1.33. The first-order valence-corrected chi connectivity index (χ1v) is 12.2. The van der Waals surface area contributed by atoms with E-state index >= 15 is 0 Å². The lowest BCUT2D eigenvalue weighted by atomic mass is 10.1. The molecule has 0 N–H and O–H groups in total. The predicted octanol–water partition coefficient (Wildman–Crippen LogP) is 5.49. The fraction of sp³-hybridized carbons (Fsp3) is 0.296. The number of carbonyl (C=O) groups excluding carboxylic acids is 1. The number of rotatable bonds is 11.